The molecule has 1 amide bonds. The van der Waals surface area contributed by atoms with Crippen LogP contribution in [-0.4, -0.2) is 29.5 Å². The average Bonchev–Trinajstić information content (AvgIpc) is 2.69. The van der Waals surface area contributed by atoms with E-state index in [1.54, 1.807) is 13.2 Å². The standard InChI is InChI=1S/C21H22N4O2/c1-15-8-9-19(27-2)17(12-15)25-21(26)18-13-20(24-14-23-18)22-11-10-16-6-4-3-5-7-16/h3-9,12-14H,10-11H2,1-2H3,(H,25,26)(H,22,23,24). The van der Waals surface area contributed by atoms with Gasteiger partial charge in [-0.1, -0.05) is 36.4 Å². The van der Waals surface area contributed by atoms with Crippen molar-refractivity contribution in [2.24, 2.45) is 0 Å². The molecule has 6 heteroatoms. The minimum Gasteiger partial charge on any atom is -0.495 e. The number of hydrogen-bond acceptors (Lipinski definition) is 5. The van der Waals surface area contributed by atoms with Gasteiger partial charge in [0.2, 0.25) is 0 Å². The largest absolute Gasteiger partial charge is 0.495 e. The molecule has 2 N–H and O–H groups in total. The zero-order chi connectivity index (χ0) is 19.1. The first kappa shape index (κ1) is 18.4. The van der Waals surface area contributed by atoms with Crippen LogP contribution >= 0.6 is 0 Å². The van der Waals surface area contributed by atoms with Gasteiger partial charge in [0, 0.05) is 12.6 Å². The summed E-state index contributed by atoms with van der Waals surface area (Å²) in [4.78, 5) is 20.8. The van der Waals surface area contributed by atoms with Gasteiger partial charge in [-0.3, -0.25) is 4.79 Å². The average molecular weight is 362 g/mol. The highest BCUT2D eigenvalue weighted by Crippen LogP contribution is 2.25. The quantitative estimate of drug-likeness (QED) is 0.670. The first-order chi connectivity index (χ1) is 13.2. The Hall–Kier alpha value is -3.41. The van der Waals surface area contributed by atoms with Crippen molar-refractivity contribution in [3.8, 4) is 5.75 Å². The van der Waals surface area contributed by atoms with Crippen LogP contribution in [-0.2, 0) is 6.42 Å². The summed E-state index contributed by atoms with van der Waals surface area (Å²) in [5.74, 6) is 0.902. The topological polar surface area (TPSA) is 76.1 Å². The number of carbonyl (C=O) groups excluding carboxylic acids is 1. The Morgan fingerprint density at radius 1 is 1.07 bits per heavy atom. The smallest absolute Gasteiger partial charge is 0.274 e. The number of benzene rings is 2. The third-order valence-electron chi connectivity index (χ3n) is 4.07. The Morgan fingerprint density at radius 2 is 1.89 bits per heavy atom. The van der Waals surface area contributed by atoms with Gasteiger partial charge in [0.05, 0.1) is 12.8 Å². The molecule has 0 aliphatic rings. The van der Waals surface area contributed by atoms with Gasteiger partial charge in [-0.15, -0.1) is 0 Å². The van der Waals surface area contributed by atoms with Crippen LogP contribution in [0.3, 0.4) is 0 Å². The Bertz CT molecular complexity index is 913. The lowest BCUT2D eigenvalue weighted by Gasteiger charge is -2.11. The predicted octanol–water partition coefficient (Wildman–Crippen LogP) is 3.70. The number of aryl methyl sites for hydroxylation is 1. The molecular formula is C21H22N4O2. The van der Waals surface area contributed by atoms with Crippen molar-refractivity contribution in [2.45, 2.75) is 13.3 Å². The van der Waals surface area contributed by atoms with E-state index in [1.807, 2.05) is 43.3 Å². The molecule has 0 fully saturated rings. The van der Waals surface area contributed by atoms with E-state index in [4.69, 9.17) is 4.74 Å². The molecule has 2 aromatic carbocycles. The van der Waals surface area contributed by atoms with Gasteiger partial charge >= 0.3 is 0 Å². The molecule has 0 saturated heterocycles. The van der Waals surface area contributed by atoms with E-state index in [-0.39, 0.29) is 11.6 Å². The molecular weight excluding hydrogens is 340 g/mol. The fourth-order valence-corrected chi connectivity index (χ4v) is 2.66. The van der Waals surface area contributed by atoms with Crippen molar-refractivity contribution in [2.75, 3.05) is 24.3 Å². The Morgan fingerprint density at radius 3 is 2.67 bits per heavy atom. The van der Waals surface area contributed by atoms with Crippen LogP contribution in [0.25, 0.3) is 0 Å². The highest BCUT2D eigenvalue weighted by molar-refractivity contribution is 6.04. The van der Waals surface area contributed by atoms with E-state index in [0.717, 1.165) is 12.0 Å². The van der Waals surface area contributed by atoms with Gasteiger partial charge in [-0.25, -0.2) is 9.97 Å². The lowest BCUT2D eigenvalue weighted by atomic mass is 10.1. The number of anilines is 2. The molecule has 138 valence electrons. The van der Waals surface area contributed by atoms with Crippen molar-refractivity contribution in [1.82, 2.24) is 9.97 Å². The fourth-order valence-electron chi connectivity index (χ4n) is 2.66. The van der Waals surface area contributed by atoms with Gasteiger partial charge < -0.3 is 15.4 Å². The molecule has 0 unspecified atom stereocenters. The summed E-state index contributed by atoms with van der Waals surface area (Å²) in [7, 11) is 1.57. The number of hydrogen-bond donors (Lipinski definition) is 2. The number of aromatic nitrogens is 2. The van der Waals surface area contributed by atoms with E-state index in [2.05, 4.69) is 32.7 Å². The van der Waals surface area contributed by atoms with Crippen LogP contribution in [0.2, 0.25) is 0 Å². The molecule has 3 aromatic rings. The molecule has 6 nitrogen and oxygen atoms in total. The van der Waals surface area contributed by atoms with Crippen molar-refractivity contribution in [3.05, 3.63) is 77.7 Å². The van der Waals surface area contributed by atoms with Gasteiger partial charge in [0.25, 0.3) is 5.91 Å². The summed E-state index contributed by atoms with van der Waals surface area (Å²) < 4.78 is 5.30. The van der Waals surface area contributed by atoms with Crippen LogP contribution < -0.4 is 15.4 Å². The van der Waals surface area contributed by atoms with Gasteiger partial charge in [0.1, 0.15) is 23.6 Å². The summed E-state index contributed by atoms with van der Waals surface area (Å²) in [6.45, 7) is 2.67. The maximum atomic E-state index is 12.6. The second-order valence-corrected chi connectivity index (χ2v) is 6.11. The monoisotopic (exact) mass is 362 g/mol. The summed E-state index contributed by atoms with van der Waals surface area (Å²) in [6.07, 6.45) is 2.25. The molecule has 0 saturated carbocycles. The number of nitrogens with one attached hydrogen (secondary N) is 2. The van der Waals surface area contributed by atoms with Crippen LogP contribution in [0.1, 0.15) is 21.6 Å². The van der Waals surface area contributed by atoms with E-state index in [1.165, 1.54) is 11.9 Å². The molecule has 0 radical (unpaired) electrons. The van der Waals surface area contributed by atoms with Crippen LogP contribution in [0.5, 0.6) is 5.75 Å². The highest BCUT2D eigenvalue weighted by atomic mass is 16.5. The number of amides is 1. The first-order valence-electron chi connectivity index (χ1n) is 8.71. The van der Waals surface area contributed by atoms with Crippen molar-refractivity contribution in [1.29, 1.82) is 0 Å². The highest BCUT2D eigenvalue weighted by Gasteiger charge is 2.12. The third kappa shape index (κ3) is 5.04. The predicted molar refractivity (Wildman–Crippen MR) is 106 cm³/mol. The first-order valence-corrected chi connectivity index (χ1v) is 8.71. The van der Waals surface area contributed by atoms with Crippen LogP contribution in [0, 0.1) is 6.92 Å². The van der Waals surface area contributed by atoms with Gasteiger partial charge in [-0.05, 0) is 36.6 Å². The molecule has 27 heavy (non-hydrogen) atoms. The molecule has 0 spiro atoms. The van der Waals surface area contributed by atoms with Gasteiger partial charge in [-0.2, -0.15) is 0 Å². The summed E-state index contributed by atoms with van der Waals surface area (Å²) >= 11 is 0. The second-order valence-electron chi connectivity index (χ2n) is 6.11. The van der Waals surface area contributed by atoms with Crippen LogP contribution in [0.15, 0.2) is 60.9 Å². The van der Waals surface area contributed by atoms with Crippen molar-refractivity contribution in [3.63, 3.8) is 0 Å². The zero-order valence-electron chi connectivity index (χ0n) is 15.4. The third-order valence-corrected chi connectivity index (χ3v) is 4.07. The zero-order valence-corrected chi connectivity index (χ0v) is 15.4. The Kier molecular flexibility index (Phi) is 5.99. The fraction of sp³-hybridized carbons (Fsp3) is 0.190. The number of methoxy groups -OCH3 is 1. The number of rotatable bonds is 7. The van der Waals surface area contributed by atoms with E-state index in [0.29, 0.717) is 23.8 Å². The molecule has 0 aliphatic carbocycles. The summed E-state index contributed by atoms with van der Waals surface area (Å²) in [6, 6.07) is 17.4. The molecule has 0 bridgehead atoms. The van der Waals surface area contributed by atoms with E-state index in [9.17, 15) is 4.79 Å². The normalized spacial score (nSPS) is 10.3. The van der Waals surface area contributed by atoms with Gasteiger partial charge in [0.15, 0.2) is 0 Å². The Balaban J connectivity index is 1.64. The SMILES string of the molecule is COc1ccc(C)cc1NC(=O)c1cc(NCCc2ccccc2)ncn1. The molecule has 3 rings (SSSR count). The summed E-state index contributed by atoms with van der Waals surface area (Å²) in [5.41, 5.74) is 3.16. The van der Waals surface area contributed by atoms with E-state index < -0.39 is 0 Å². The van der Waals surface area contributed by atoms with Crippen LogP contribution in [0.4, 0.5) is 11.5 Å². The molecule has 1 heterocycles. The minimum atomic E-state index is -0.313. The maximum Gasteiger partial charge on any atom is 0.274 e. The van der Waals surface area contributed by atoms with E-state index >= 15 is 0 Å². The molecule has 0 atom stereocenters. The number of carbonyl (C=O) groups is 1. The lowest BCUT2D eigenvalue weighted by molar-refractivity contribution is 0.102. The minimum absolute atomic E-state index is 0.288. The number of ether oxygens (including phenoxy) is 1. The second kappa shape index (κ2) is 8.80. The Labute approximate surface area is 158 Å². The lowest BCUT2D eigenvalue weighted by Crippen LogP contribution is -2.16. The van der Waals surface area contributed by atoms with Crippen molar-refractivity contribution < 1.29 is 9.53 Å². The maximum absolute atomic E-state index is 12.6. The van der Waals surface area contributed by atoms with Crippen molar-refractivity contribution >= 4 is 17.4 Å². The summed E-state index contributed by atoms with van der Waals surface area (Å²) in [5, 5.41) is 6.07. The number of nitrogens with zero attached hydrogens (tertiary/aromatic N) is 2. The molecule has 1 aromatic heterocycles. The molecule has 0 aliphatic heterocycles.